The van der Waals surface area contributed by atoms with Crippen LogP contribution in [0.4, 0.5) is 4.79 Å². The molecular formula is C14H22N4O. The Morgan fingerprint density at radius 2 is 2.21 bits per heavy atom. The summed E-state index contributed by atoms with van der Waals surface area (Å²) in [6.07, 6.45) is 5.88. The van der Waals surface area contributed by atoms with Crippen molar-refractivity contribution in [1.29, 1.82) is 0 Å². The van der Waals surface area contributed by atoms with E-state index >= 15 is 0 Å². The second kappa shape index (κ2) is 7.09. The Hall–Kier alpha value is -1.62. The van der Waals surface area contributed by atoms with Crippen LogP contribution >= 0.6 is 0 Å². The highest BCUT2D eigenvalue weighted by Crippen LogP contribution is 2.13. The minimum atomic E-state index is -0.0926. The van der Waals surface area contributed by atoms with Crippen LogP contribution in [0.3, 0.4) is 0 Å². The van der Waals surface area contributed by atoms with Gasteiger partial charge in [0.2, 0.25) is 0 Å². The average molecular weight is 262 g/mol. The predicted molar refractivity (Wildman–Crippen MR) is 74.7 cm³/mol. The van der Waals surface area contributed by atoms with Crippen molar-refractivity contribution in [3.63, 3.8) is 0 Å². The summed E-state index contributed by atoms with van der Waals surface area (Å²) in [5.41, 5.74) is 1.06. The summed E-state index contributed by atoms with van der Waals surface area (Å²) in [6.45, 7) is 3.54. The molecule has 2 heterocycles. The van der Waals surface area contributed by atoms with Gasteiger partial charge in [-0.2, -0.15) is 0 Å². The lowest BCUT2D eigenvalue weighted by molar-refractivity contribution is 0.202. The summed E-state index contributed by atoms with van der Waals surface area (Å²) in [4.78, 5) is 18.0. The van der Waals surface area contributed by atoms with E-state index in [0.717, 1.165) is 18.7 Å². The minimum absolute atomic E-state index is 0.0926. The van der Waals surface area contributed by atoms with Crippen molar-refractivity contribution in [3.05, 3.63) is 30.1 Å². The fourth-order valence-corrected chi connectivity index (χ4v) is 2.42. The van der Waals surface area contributed by atoms with Crippen LogP contribution in [-0.2, 0) is 6.54 Å². The number of carbonyl (C=O) groups excluding carboxylic acids is 1. The molecule has 104 valence electrons. The van der Waals surface area contributed by atoms with Crippen LogP contribution in [0.15, 0.2) is 24.5 Å². The molecule has 0 spiro atoms. The van der Waals surface area contributed by atoms with Crippen molar-refractivity contribution in [2.75, 3.05) is 26.7 Å². The zero-order valence-corrected chi connectivity index (χ0v) is 11.4. The molecule has 5 nitrogen and oxygen atoms in total. The quantitative estimate of drug-likeness (QED) is 0.858. The Bertz CT molecular complexity index is 396. The number of hydrogen-bond donors (Lipinski definition) is 2. The van der Waals surface area contributed by atoms with E-state index in [1.807, 2.05) is 12.1 Å². The minimum Gasteiger partial charge on any atom is -0.338 e. The van der Waals surface area contributed by atoms with Gasteiger partial charge in [-0.25, -0.2) is 4.79 Å². The first kappa shape index (κ1) is 13.8. The maximum Gasteiger partial charge on any atom is 0.315 e. The highest BCUT2D eigenvalue weighted by atomic mass is 16.2. The lowest BCUT2D eigenvalue weighted by Crippen LogP contribution is -2.42. The van der Waals surface area contributed by atoms with E-state index in [1.165, 1.54) is 19.4 Å². The lowest BCUT2D eigenvalue weighted by Gasteiger charge is -2.29. The number of nitrogens with zero attached hydrogens (tertiary/aromatic N) is 2. The van der Waals surface area contributed by atoms with Gasteiger partial charge < -0.3 is 15.5 Å². The first-order chi connectivity index (χ1) is 9.24. The van der Waals surface area contributed by atoms with Gasteiger partial charge in [0.05, 0.1) is 0 Å². The van der Waals surface area contributed by atoms with Crippen LogP contribution in [0.25, 0.3) is 0 Å². The number of rotatable bonds is 4. The number of pyridine rings is 1. The molecule has 1 aliphatic heterocycles. The topological polar surface area (TPSA) is 57.3 Å². The van der Waals surface area contributed by atoms with Gasteiger partial charge in [0.1, 0.15) is 0 Å². The number of urea groups is 1. The van der Waals surface area contributed by atoms with Gasteiger partial charge in [0.25, 0.3) is 0 Å². The van der Waals surface area contributed by atoms with Crippen LogP contribution in [-0.4, -0.2) is 42.6 Å². The smallest absolute Gasteiger partial charge is 0.315 e. The standard InChI is InChI=1S/C14H22N4O/c1-18-8-2-3-13(11-18)10-17-14(19)16-9-12-4-6-15-7-5-12/h4-7,13H,2-3,8-11H2,1H3,(H2,16,17,19)/t13-/m0/s1. The largest absolute Gasteiger partial charge is 0.338 e. The van der Waals surface area contributed by atoms with Crippen LogP contribution in [0, 0.1) is 5.92 Å². The number of piperidine rings is 1. The summed E-state index contributed by atoms with van der Waals surface area (Å²) in [7, 11) is 2.13. The van der Waals surface area contributed by atoms with Crippen molar-refractivity contribution in [1.82, 2.24) is 20.5 Å². The van der Waals surface area contributed by atoms with E-state index in [9.17, 15) is 4.79 Å². The normalized spacial score (nSPS) is 19.9. The van der Waals surface area contributed by atoms with Gasteiger partial charge in [-0.3, -0.25) is 4.98 Å². The SMILES string of the molecule is CN1CCC[C@@H](CNC(=O)NCc2ccncc2)C1. The van der Waals surface area contributed by atoms with E-state index in [0.29, 0.717) is 12.5 Å². The molecule has 1 fully saturated rings. The predicted octanol–water partition coefficient (Wildman–Crippen LogP) is 1.22. The molecule has 1 aromatic rings. The van der Waals surface area contributed by atoms with E-state index in [-0.39, 0.29) is 6.03 Å². The van der Waals surface area contributed by atoms with Gasteiger partial charge in [-0.15, -0.1) is 0 Å². The molecule has 2 rings (SSSR count). The molecule has 0 unspecified atom stereocenters. The third-order valence-electron chi connectivity index (χ3n) is 3.48. The number of amides is 2. The van der Waals surface area contributed by atoms with E-state index in [4.69, 9.17) is 0 Å². The maximum atomic E-state index is 11.7. The van der Waals surface area contributed by atoms with Crippen molar-refractivity contribution >= 4 is 6.03 Å². The Morgan fingerprint density at radius 3 is 2.95 bits per heavy atom. The highest BCUT2D eigenvalue weighted by molar-refractivity contribution is 5.73. The fourth-order valence-electron chi connectivity index (χ4n) is 2.42. The van der Waals surface area contributed by atoms with Crippen molar-refractivity contribution < 1.29 is 4.79 Å². The summed E-state index contributed by atoms with van der Waals surface area (Å²) in [5, 5.41) is 5.81. The number of aromatic nitrogens is 1. The Kier molecular flexibility index (Phi) is 5.15. The number of likely N-dealkylation sites (tertiary alicyclic amines) is 1. The lowest BCUT2D eigenvalue weighted by atomic mass is 9.99. The average Bonchev–Trinajstić information content (AvgIpc) is 2.44. The number of carbonyl (C=O) groups is 1. The molecule has 0 aromatic carbocycles. The first-order valence-electron chi connectivity index (χ1n) is 6.83. The first-order valence-corrected chi connectivity index (χ1v) is 6.83. The third kappa shape index (κ3) is 4.87. The molecule has 0 saturated carbocycles. The molecule has 0 bridgehead atoms. The third-order valence-corrected chi connectivity index (χ3v) is 3.48. The van der Waals surface area contributed by atoms with Gasteiger partial charge in [-0.05, 0) is 50.0 Å². The number of hydrogen-bond acceptors (Lipinski definition) is 3. The summed E-state index contributed by atoms with van der Waals surface area (Å²) in [6, 6.07) is 3.71. The molecule has 0 aliphatic carbocycles. The molecule has 19 heavy (non-hydrogen) atoms. The van der Waals surface area contributed by atoms with Crippen LogP contribution in [0.1, 0.15) is 18.4 Å². The summed E-state index contributed by atoms with van der Waals surface area (Å²) < 4.78 is 0. The Morgan fingerprint density at radius 1 is 1.42 bits per heavy atom. The van der Waals surface area contributed by atoms with Crippen LogP contribution < -0.4 is 10.6 Å². The molecule has 5 heteroatoms. The second-order valence-electron chi connectivity index (χ2n) is 5.19. The van der Waals surface area contributed by atoms with Gasteiger partial charge >= 0.3 is 6.03 Å². The summed E-state index contributed by atoms with van der Waals surface area (Å²) >= 11 is 0. The van der Waals surface area contributed by atoms with Crippen molar-refractivity contribution in [3.8, 4) is 0 Å². The van der Waals surface area contributed by atoms with Gasteiger partial charge in [0.15, 0.2) is 0 Å². The molecule has 1 saturated heterocycles. The molecule has 1 aliphatic rings. The maximum absolute atomic E-state index is 11.7. The molecule has 1 atom stereocenters. The van der Waals surface area contributed by atoms with Crippen LogP contribution in [0.2, 0.25) is 0 Å². The van der Waals surface area contributed by atoms with Crippen LogP contribution in [0.5, 0.6) is 0 Å². The zero-order valence-electron chi connectivity index (χ0n) is 11.4. The molecule has 2 N–H and O–H groups in total. The van der Waals surface area contributed by atoms with E-state index in [1.54, 1.807) is 12.4 Å². The monoisotopic (exact) mass is 262 g/mol. The fraction of sp³-hybridized carbons (Fsp3) is 0.571. The summed E-state index contributed by atoms with van der Waals surface area (Å²) in [5.74, 6) is 0.574. The Balaban J connectivity index is 1.64. The van der Waals surface area contributed by atoms with E-state index in [2.05, 4.69) is 27.6 Å². The van der Waals surface area contributed by atoms with Crippen molar-refractivity contribution in [2.24, 2.45) is 5.92 Å². The zero-order chi connectivity index (χ0) is 13.5. The van der Waals surface area contributed by atoms with Gasteiger partial charge in [-0.1, -0.05) is 0 Å². The van der Waals surface area contributed by atoms with E-state index < -0.39 is 0 Å². The van der Waals surface area contributed by atoms with Crippen molar-refractivity contribution in [2.45, 2.75) is 19.4 Å². The second-order valence-corrected chi connectivity index (χ2v) is 5.19. The molecule has 0 radical (unpaired) electrons. The Labute approximate surface area is 114 Å². The molecule has 2 amide bonds. The highest BCUT2D eigenvalue weighted by Gasteiger charge is 2.17. The molecule has 1 aromatic heterocycles. The van der Waals surface area contributed by atoms with Gasteiger partial charge in [0, 0.05) is 32.0 Å². The number of nitrogens with one attached hydrogen (secondary N) is 2. The molecular weight excluding hydrogens is 240 g/mol.